The third-order valence-corrected chi connectivity index (χ3v) is 5.07. The monoisotopic (exact) mass is 429 g/mol. The van der Waals surface area contributed by atoms with Crippen molar-refractivity contribution in [3.05, 3.63) is 54.6 Å². The van der Waals surface area contributed by atoms with E-state index in [2.05, 4.69) is 23.5 Å². The number of fused-ring (bicyclic) bond motifs is 1. The fourth-order valence-corrected chi connectivity index (χ4v) is 3.49. The van der Waals surface area contributed by atoms with Gasteiger partial charge in [0.1, 0.15) is 12.4 Å². The number of hydrogen-bond donors (Lipinski definition) is 4. The van der Waals surface area contributed by atoms with Crippen molar-refractivity contribution in [1.82, 2.24) is 5.32 Å². The molecule has 1 unspecified atom stereocenters. The summed E-state index contributed by atoms with van der Waals surface area (Å²) < 4.78 is 5.85. The van der Waals surface area contributed by atoms with Crippen LogP contribution in [0.15, 0.2) is 54.6 Å². The zero-order valence-corrected chi connectivity index (χ0v) is 17.6. The Morgan fingerprint density at radius 3 is 2.32 bits per heavy atom. The molecule has 168 valence electrons. The quantitative estimate of drug-likeness (QED) is 0.450. The van der Waals surface area contributed by atoms with E-state index in [1.807, 2.05) is 24.3 Å². The molecular formula is C24H31NO6. The summed E-state index contributed by atoms with van der Waals surface area (Å²) in [4.78, 5) is 19.1. The molecule has 1 aliphatic carbocycles. The first kappa shape index (κ1) is 24.4. The zero-order valence-electron chi connectivity index (χ0n) is 17.6. The number of hydrogen-bond acceptors (Lipinski definition) is 5. The molecule has 0 spiro atoms. The molecule has 0 saturated heterocycles. The molecule has 0 amide bonds. The third kappa shape index (κ3) is 9.63. The van der Waals surface area contributed by atoms with Crippen molar-refractivity contribution in [1.29, 1.82) is 0 Å². The highest BCUT2D eigenvalue weighted by Gasteiger charge is 2.13. The van der Waals surface area contributed by atoms with Crippen LogP contribution in [0.25, 0.3) is 10.8 Å². The predicted octanol–water partition coefficient (Wildman–Crippen LogP) is 3.60. The number of carbonyl (C=O) groups is 2. The maximum atomic E-state index is 10.1. The molecule has 2 aromatic rings. The molecular weight excluding hydrogens is 398 g/mol. The Labute approximate surface area is 182 Å². The maximum absolute atomic E-state index is 10.1. The van der Waals surface area contributed by atoms with Gasteiger partial charge in [0.15, 0.2) is 0 Å². The fourth-order valence-electron chi connectivity index (χ4n) is 3.49. The zero-order chi connectivity index (χ0) is 22.5. The molecule has 2 aromatic carbocycles. The van der Waals surface area contributed by atoms with Crippen LogP contribution in [0.4, 0.5) is 0 Å². The Kier molecular flexibility index (Phi) is 10.5. The first-order valence-electron chi connectivity index (χ1n) is 10.6. The highest BCUT2D eigenvalue weighted by atomic mass is 16.5. The smallest absolute Gasteiger partial charge is 0.328 e. The van der Waals surface area contributed by atoms with Crippen molar-refractivity contribution in [3.8, 4) is 5.75 Å². The summed E-state index contributed by atoms with van der Waals surface area (Å²) in [5, 5.41) is 31.6. The Balaban J connectivity index is 0.000000366. The minimum absolute atomic E-state index is 0.348. The molecule has 0 bridgehead atoms. The van der Waals surface area contributed by atoms with Gasteiger partial charge >= 0.3 is 11.9 Å². The van der Waals surface area contributed by atoms with E-state index in [4.69, 9.17) is 14.9 Å². The van der Waals surface area contributed by atoms with Crippen LogP contribution < -0.4 is 10.1 Å². The highest BCUT2D eigenvalue weighted by molar-refractivity contribution is 5.89. The molecule has 0 aromatic heterocycles. The Morgan fingerprint density at radius 1 is 1.00 bits per heavy atom. The number of carboxylic acid groups (broad SMARTS) is 2. The molecule has 0 heterocycles. The van der Waals surface area contributed by atoms with Crippen LogP contribution in [-0.4, -0.2) is 52.6 Å². The number of ether oxygens (including phenoxy) is 1. The number of nitrogens with one attached hydrogen (secondary N) is 1. The van der Waals surface area contributed by atoms with Crippen molar-refractivity contribution >= 4 is 22.7 Å². The molecule has 4 N–H and O–H groups in total. The Hall–Kier alpha value is -2.90. The third-order valence-electron chi connectivity index (χ3n) is 5.07. The van der Waals surface area contributed by atoms with Crippen LogP contribution in [0.5, 0.6) is 5.75 Å². The number of rotatable bonds is 9. The van der Waals surface area contributed by atoms with Crippen molar-refractivity contribution in [2.45, 2.75) is 50.7 Å². The highest BCUT2D eigenvalue weighted by Crippen LogP contribution is 2.25. The van der Waals surface area contributed by atoms with E-state index >= 15 is 0 Å². The minimum atomic E-state index is -1.26. The van der Waals surface area contributed by atoms with Crippen LogP contribution in [-0.2, 0) is 9.59 Å². The fraction of sp³-hybridized carbons (Fsp3) is 0.417. The number of carboxylic acids is 2. The van der Waals surface area contributed by atoms with Gasteiger partial charge in [0.25, 0.3) is 0 Å². The van der Waals surface area contributed by atoms with Gasteiger partial charge in [-0.1, -0.05) is 55.7 Å². The first-order valence-corrected chi connectivity index (χ1v) is 10.6. The van der Waals surface area contributed by atoms with E-state index in [1.165, 1.54) is 37.5 Å². The van der Waals surface area contributed by atoms with Gasteiger partial charge in [-0.3, -0.25) is 0 Å². The lowest BCUT2D eigenvalue weighted by atomic mass is 9.95. The molecule has 0 aliphatic heterocycles. The van der Waals surface area contributed by atoms with Crippen LogP contribution >= 0.6 is 0 Å². The first-order chi connectivity index (χ1) is 15.0. The topological polar surface area (TPSA) is 116 Å². The second-order valence-electron chi connectivity index (χ2n) is 7.53. The number of aliphatic hydroxyl groups is 1. The van der Waals surface area contributed by atoms with E-state index < -0.39 is 18.0 Å². The van der Waals surface area contributed by atoms with E-state index in [9.17, 15) is 14.7 Å². The van der Waals surface area contributed by atoms with Gasteiger partial charge in [0.05, 0.1) is 6.10 Å². The Bertz CT molecular complexity index is 839. The molecule has 7 nitrogen and oxygen atoms in total. The summed E-state index contributed by atoms with van der Waals surface area (Å²) in [7, 11) is 0. The van der Waals surface area contributed by atoms with Gasteiger partial charge in [-0.05, 0) is 37.3 Å². The molecule has 1 saturated carbocycles. The molecule has 1 fully saturated rings. The maximum Gasteiger partial charge on any atom is 0.328 e. The summed E-state index contributed by atoms with van der Waals surface area (Å²) in [6, 6.07) is 14.9. The average Bonchev–Trinajstić information content (AvgIpc) is 2.77. The SMILES string of the molecule is O=C(O)C=CC(=O)O.OC(CCNC1CCCCC1)COc1cccc2ccccc12. The van der Waals surface area contributed by atoms with Crippen LogP contribution in [0.1, 0.15) is 38.5 Å². The standard InChI is InChI=1S/C20H27NO2.C4H4O4/c22-18(13-14-21-17-9-2-1-3-10-17)15-23-20-12-6-8-16-7-4-5-11-19(16)20;5-3(6)1-2-4(7)8/h4-8,11-12,17-18,21-22H,1-3,9-10,13-15H2;1-2H,(H,5,6)(H,7,8). The lowest BCUT2D eigenvalue weighted by Gasteiger charge is -2.23. The number of aliphatic hydroxyl groups excluding tert-OH is 1. The summed E-state index contributed by atoms with van der Waals surface area (Å²) >= 11 is 0. The normalized spacial score (nSPS) is 15.3. The minimum Gasteiger partial charge on any atom is -0.490 e. The molecule has 1 atom stereocenters. The van der Waals surface area contributed by atoms with Crippen LogP contribution in [0, 0.1) is 0 Å². The van der Waals surface area contributed by atoms with E-state index in [1.54, 1.807) is 0 Å². The largest absolute Gasteiger partial charge is 0.490 e. The van der Waals surface area contributed by atoms with Gasteiger partial charge in [-0.25, -0.2) is 9.59 Å². The second kappa shape index (κ2) is 13.4. The van der Waals surface area contributed by atoms with Gasteiger partial charge in [0.2, 0.25) is 0 Å². The van der Waals surface area contributed by atoms with Crippen LogP contribution in [0.3, 0.4) is 0 Å². The predicted molar refractivity (Wildman–Crippen MR) is 119 cm³/mol. The molecule has 0 radical (unpaired) electrons. The van der Waals surface area contributed by atoms with Crippen molar-refractivity contribution in [3.63, 3.8) is 0 Å². The van der Waals surface area contributed by atoms with E-state index in [0.717, 1.165) is 24.1 Å². The van der Waals surface area contributed by atoms with Crippen molar-refractivity contribution in [2.24, 2.45) is 0 Å². The van der Waals surface area contributed by atoms with Gasteiger partial charge in [-0.15, -0.1) is 0 Å². The molecule has 1 aliphatic rings. The van der Waals surface area contributed by atoms with E-state index in [-0.39, 0.29) is 0 Å². The number of benzene rings is 2. The summed E-state index contributed by atoms with van der Waals surface area (Å²) in [6.45, 7) is 1.21. The molecule has 7 heteroatoms. The number of aliphatic carboxylic acids is 2. The summed E-state index contributed by atoms with van der Waals surface area (Å²) in [5.74, 6) is -1.66. The molecule has 3 rings (SSSR count). The molecule has 31 heavy (non-hydrogen) atoms. The lowest BCUT2D eigenvalue weighted by molar-refractivity contribution is -0.134. The van der Waals surface area contributed by atoms with Gasteiger partial charge < -0.3 is 25.4 Å². The summed E-state index contributed by atoms with van der Waals surface area (Å²) in [5.41, 5.74) is 0. The van der Waals surface area contributed by atoms with Crippen molar-refractivity contribution < 1.29 is 29.6 Å². The van der Waals surface area contributed by atoms with Crippen molar-refractivity contribution in [2.75, 3.05) is 13.2 Å². The van der Waals surface area contributed by atoms with E-state index in [0.29, 0.717) is 24.8 Å². The Morgan fingerprint density at radius 2 is 1.65 bits per heavy atom. The summed E-state index contributed by atoms with van der Waals surface area (Å²) in [6.07, 6.45) is 8.04. The average molecular weight is 430 g/mol. The van der Waals surface area contributed by atoms with Gasteiger partial charge in [-0.2, -0.15) is 0 Å². The second-order valence-corrected chi connectivity index (χ2v) is 7.53. The van der Waals surface area contributed by atoms with Crippen LogP contribution in [0.2, 0.25) is 0 Å². The lowest BCUT2D eigenvalue weighted by Crippen LogP contribution is -2.34. The van der Waals surface area contributed by atoms with Gasteiger partial charge in [0, 0.05) is 23.6 Å².